The van der Waals surface area contributed by atoms with Crippen LogP contribution in [0.1, 0.15) is 52.4 Å². The summed E-state index contributed by atoms with van der Waals surface area (Å²) in [6.07, 6.45) is 7.76. The summed E-state index contributed by atoms with van der Waals surface area (Å²) in [5, 5.41) is 12.4. The summed E-state index contributed by atoms with van der Waals surface area (Å²) in [6, 6.07) is 0. The molecule has 0 aromatic heterocycles. The molecule has 4 rings (SSSR count). The Kier molecular flexibility index (Phi) is 2.24. The average molecular weight is 236 g/mol. The van der Waals surface area contributed by atoms with Gasteiger partial charge in [0.05, 0.1) is 0 Å². The topological polar surface area (TPSA) is 49.3 Å². The van der Waals surface area contributed by atoms with Gasteiger partial charge in [-0.3, -0.25) is 0 Å². The van der Waals surface area contributed by atoms with Crippen LogP contribution in [-0.4, -0.2) is 23.9 Å². The molecule has 96 valence electrons. The Morgan fingerprint density at radius 3 is 2.24 bits per heavy atom. The van der Waals surface area contributed by atoms with Gasteiger partial charge in [-0.2, -0.15) is 0 Å². The summed E-state index contributed by atoms with van der Waals surface area (Å²) in [5.41, 5.74) is 1.14. The van der Waals surface area contributed by atoms with E-state index in [1.807, 2.05) is 0 Å². The minimum absolute atomic E-state index is 0.182. The average Bonchev–Trinajstić information content (AvgIpc) is 2.08. The van der Waals surface area contributed by atoms with Crippen LogP contribution < -0.4 is 5.23 Å². The fourth-order valence-electron chi connectivity index (χ4n) is 6.10. The van der Waals surface area contributed by atoms with Crippen molar-refractivity contribution >= 4 is 13.3 Å². The number of nitrogens with one attached hydrogen (secondary N) is 1. The molecule has 0 saturated heterocycles. The second-order valence-corrected chi connectivity index (χ2v) is 7.93. The molecule has 2 unspecified atom stereocenters. The summed E-state index contributed by atoms with van der Waals surface area (Å²) in [4.78, 5) is 10.8. The van der Waals surface area contributed by atoms with Gasteiger partial charge in [-0.25, -0.2) is 0 Å². The highest BCUT2D eigenvalue weighted by molar-refractivity contribution is 6.69. The van der Waals surface area contributed by atoms with Crippen molar-refractivity contribution < 1.29 is 9.90 Å². The molecule has 0 aromatic rings. The van der Waals surface area contributed by atoms with Crippen LogP contribution in [-0.2, 0) is 0 Å². The van der Waals surface area contributed by atoms with Gasteiger partial charge in [-0.05, 0) is 60.8 Å². The fourth-order valence-corrected chi connectivity index (χ4v) is 6.10. The first-order valence-electron chi connectivity index (χ1n) is 7.08. The van der Waals surface area contributed by atoms with Crippen LogP contribution in [0.3, 0.4) is 0 Å². The molecule has 17 heavy (non-hydrogen) atoms. The van der Waals surface area contributed by atoms with Gasteiger partial charge in [-0.15, -0.1) is 0 Å². The molecule has 4 heteroatoms. The molecule has 0 spiro atoms. The number of hydrogen-bond acceptors (Lipinski definition) is 2. The molecule has 0 amide bonds. The Morgan fingerprint density at radius 2 is 1.76 bits per heavy atom. The molecule has 4 atom stereocenters. The molecule has 4 fully saturated rings. The Labute approximate surface area is 104 Å². The summed E-state index contributed by atoms with van der Waals surface area (Å²) in [6.45, 7) is 4.85. The molecule has 0 heterocycles. The molecule has 0 aliphatic heterocycles. The number of carboxylic acid groups (broad SMARTS) is 1. The van der Waals surface area contributed by atoms with Gasteiger partial charge in [0, 0.05) is 0 Å². The van der Waals surface area contributed by atoms with E-state index in [1.54, 1.807) is 0 Å². The Balaban J connectivity index is 1.84. The minimum atomic E-state index is -1.02. The van der Waals surface area contributed by atoms with E-state index in [0.29, 0.717) is 10.8 Å². The van der Waals surface area contributed by atoms with Crippen molar-refractivity contribution in [2.45, 2.75) is 57.9 Å². The van der Waals surface area contributed by atoms with Gasteiger partial charge in [0.15, 0.2) is 0 Å². The largest absolute Gasteiger partial charge is 0.514 e. The predicted octanol–water partition coefficient (Wildman–Crippen LogP) is 2.09. The molecular weight excluding hydrogens is 213 g/mol. The molecule has 4 aliphatic rings. The van der Waals surface area contributed by atoms with Gasteiger partial charge in [0.1, 0.15) is 13.3 Å². The lowest BCUT2D eigenvalue weighted by Gasteiger charge is -2.67. The van der Waals surface area contributed by atoms with Crippen molar-refractivity contribution in [3.63, 3.8) is 0 Å². The van der Waals surface area contributed by atoms with Crippen molar-refractivity contribution in [2.24, 2.45) is 16.7 Å². The highest BCUT2D eigenvalue weighted by Crippen LogP contribution is 2.66. The first kappa shape index (κ1) is 11.6. The number of rotatable bonds is 3. The first-order valence-corrected chi connectivity index (χ1v) is 7.08. The zero-order valence-electron chi connectivity index (χ0n) is 11.2. The third-order valence-electron chi connectivity index (χ3n) is 5.50. The van der Waals surface area contributed by atoms with E-state index in [9.17, 15) is 4.79 Å². The van der Waals surface area contributed by atoms with Crippen LogP contribution >= 0.6 is 0 Å². The maximum Gasteiger partial charge on any atom is 0.150 e. The van der Waals surface area contributed by atoms with Crippen molar-refractivity contribution in [3.8, 4) is 0 Å². The van der Waals surface area contributed by atoms with Crippen molar-refractivity contribution in [2.75, 3.05) is 0 Å². The third-order valence-corrected chi connectivity index (χ3v) is 5.50. The van der Waals surface area contributed by atoms with Crippen molar-refractivity contribution in [3.05, 3.63) is 0 Å². The predicted molar refractivity (Wildman–Crippen MR) is 69.8 cm³/mol. The summed E-state index contributed by atoms with van der Waals surface area (Å²) >= 11 is 0. The van der Waals surface area contributed by atoms with Crippen LogP contribution in [0.15, 0.2) is 0 Å². The van der Waals surface area contributed by atoms with E-state index in [0.717, 1.165) is 5.92 Å². The van der Waals surface area contributed by atoms with E-state index < -0.39 is 13.3 Å². The lowest BCUT2D eigenvalue weighted by molar-refractivity contribution is -0.110. The fraction of sp³-hybridized carbons (Fsp3) is 0.923. The lowest BCUT2D eigenvalue weighted by Crippen LogP contribution is -2.65. The highest BCUT2D eigenvalue weighted by atomic mass is 16.4. The minimum Gasteiger partial charge on any atom is -0.514 e. The second-order valence-electron chi connectivity index (χ2n) is 7.93. The van der Waals surface area contributed by atoms with E-state index in [2.05, 4.69) is 19.1 Å². The summed E-state index contributed by atoms with van der Waals surface area (Å²) in [7, 11) is -1.02. The Hall–Kier alpha value is -0.505. The first-order chi connectivity index (χ1) is 7.82. The monoisotopic (exact) mass is 236 g/mol. The summed E-state index contributed by atoms with van der Waals surface area (Å²) < 4.78 is 0. The van der Waals surface area contributed by atoms with E-state index in [4.69, 9.17) is 5.11 Å². The zero-order valence-corrected chi connectivity index (χ0v) is 11.2. The molecule has 0 radical (unpaired) electrons. The summed E-state index contributed by atoms with van der Waals surface area (Å²) in [5.74, 6) is 0.241. The quantitative estimate of drug-likeness (QED) is 0.737. The van der Waals surface area contributed by atoms with E-state index >= 15 is 0 Å². The van der Waals surface area contributed by atoms with Gasteiger partial charge in [0.25, 0.3) is 0 Å². The van der Waals surface area contributed by atoms with Gasteiger partial charge in [0.2, 0.25) is 0 Å². The smallest absolute Gasteiger partial charge is 0.150 e. The van der Waals surface area contributed by atoms with Gasteiger partial charge >= 0.3 is 0 Å². The standard InChI is InChI=1S/C13H23BNO2/c1-11-3-9-4-12(2,6-11)8-13(5-9,7-11)15-14-10(16)17/h9,15H,3-8,14H2,1-2H3,(H,16,17)/q-1/t9?,11-,12+,13?. The maximum atomic E-state index is 10.8. The molecule has 4 saturated carbocycles. The second kappa shape index (κ2) is 3.28. The Morgan fingerprint density at radius 1 is 1.18 bits per heavy atom. The molecule has 4 aliphatic carbocycles. The maximum absolute atomic E-state index is 10.8. The van der Waals surface area contributed by atoms with Gasteiger partial charge in [-0.1, -0.05) is 13.8 Å². The molecule has 0 aromatic carbocycles. The van der Waals surface area contributed by atoms with E-state index in [-0.39, 0.29) is 5.54 Å². The van der Waals surface area contributed by atoms with Crippen molar-refractivity contribution in [1.82, 2.24) is 5.23 Å². The van der Waals surface area contributed by atoms with Crippen LogP contribution in [0.4, 0.5) is 4.79 Å². The van der Waals surface area contributed by atoms with Crippen LogP contribution in [0.25, 0.3) is 0 Å². The van der Waals surface area contributed by atoms with Crippen molar-refractivity contribution in [1.29, 1.82) is 0 Å². The number of carbonyl (C=O) groups is 1. The zero-order chi connectivity index (χ0) is 12.3. The molecule has 4 bridgehead atoms. The molecule has 3 nitrogen and oxygen atoms in total. The van der Waals surface area contributed by atoms with Crippen LogP contribution in [0, 0.1) is 16.7 Å². The molecule has 2 N–H and O–H groups in total. The van der Waals surface area contributed by atoms with Crippen LogP contribution in [0.5, 0.6) is 0 Å². The molecular formula is C13H23BNO2-. The van der Waals surface area contributed by atoms with Gasteiger partial charge < -0.3 is 15.1 Å². The normalized spacial score (nSPS) is 51.8. The lowest BCUT2D eigenvalue weighted by atomic mass is 9.42. The highest BCUT2D eigenvalue weighted by Gasteiger charge is 2.58. The Bertz CT molecular complexity index is 352. The number of hydrogen-bond donors (Lipinski definition) is 2. The van der Waals surface area contributed by atoms with Crippen LogP contribution in [0.2, 0.25) is 0 Å². The third kappa shape index (κ3) is 1.90. The SMILES string of the molecule is C[C@]12CC3CC(N[BH2-]C(=O)O)(C1)C[C@@](C)(C3)C2. The van der Waals surface area contributed by atoms with E-state index in [1.165, 1.54) is 38.5 Å².